The smallest absolute Gasteiger partial charge is 0.328 e. The van der Waals surface area contributed by atoms with E-state index in [1.54, 1.807) is 76.2 Å². The maximum atomic E-state index is 15.1. The number of esters is 1. The Kier molecular flexibility index (Phi) is 35.8. The fourth-order valence-electron chi connectivity index (χ4n) is 12.1. The Hall–Kier alpha value is -11.9. The third kappa shape index (κ3) is 28.5. The Morgan fingerprint density at radius 3 is 1.57 bits per heavy atom. The molecule has 0 radical (unpaired) electrons. The van der Waals surface area contributed by atoms with Crippen molar-refractivity contribution in [2.75, 3.05) is 18.1 Å². The molecule has 1 saturated heterocycles. The van der Waals surface area contributed by atoms with Crippen molar-refractivity contribution in [2.45, 2.75) is 192 Å². The van der Waals surface area contributed by atoms with E-state index in [1.165, 1.54) is 26.2 Å². The lowest BCUT2D eigenvalue weighted by Crippen LogP contribution is -2.61. The molecule has 13 atom stereocenters. The molecule has 19 N–H and O–H groups in total. The number of para-hydroxylation sites is 2. The summed E-state index contributed by atoms with van der Waals surface area (Å²) in [6.07, 6.45) is -4.30. The quantitative estimate of drug-likeness (QED) is 0.0126. The molecule has 0 bridgehead atoms. The Bertz CT molecular complexity index is 4520. The van der Waals surface area contributed by atoms with Crippen molar-refractivity contribution in [1.82, 2.24) is 79.1 Å². The molecule has 37 nitrogen and oxygen atoms in total. The largest absolute Gasteiger partial charge is 0.481 e. The molecule has 5 aromatic rings. The summed E-state index contributed by atoms with van der Waals surface area (Å²) in [7, 11) is 1.31. The molecule has 118 heavy (non-hydrogen) atoms. The highest BCUT2D eigenvalue weighted by Gasteiger charge is 2.40. The number of carboxylic acid groups (broad SMARTS) is 3. The molecular formula is C75H95F4N15O22S2. The topological polar surface area (TPSA) is 568 Å². The Morgan fingerprint density at radius 1 is 0.559 bits per heavy atom. The van der Waals surface area contributed by atoms with E-state index in [2.05, 4.69) is 79.1 Å². The fraction of sp³-hybridized carbons (Fsp3) is 0.480. The highest BCUT2D eigenvalue weighted by molar-refractivity contribution is 8.76. The number of aliphatic hydroxyl groups excluding tert-OH is 1. The monoisotopic (exact) mass is 1700 g/mol. The van der Waals surface area contributed by atoms with Gasteiger partial charge < -0.3 is 104 Å². The molecule has 0 unspecified atom stereocenters. The van der Waals surface area contributed by atoms with E-state index in [-0.39, 0.29) is 30.9 Å². The first-order valence-electron chi connectivity index (χ1n) is 37.1. The lowest BCUT2D eigenvalue weighted by atomic mass is 9.98. The standard InChI is InChI=1S/C75H95F4N15O22S2/c1-32(2)20-47-65(104)82-29-55(97)85-46(18-19-56(98)99)66(105)88-48(21-33(3)4)71(110)93-61(34(5)6)74(113)90-50(23-39-28-81-45-17-13-11-15-41(39)45)68(107)92-54(73(112)94-62(36(8)95)75(114)115)31-118-117-30-53(91-69(108)51(25-57(100)101)84-37(9)96)72(111)83-35(7)64(103)86-49(22-38-27-80-44-16-12-10-14-40(38)44)67(106)89-52(70(109)87-47)26-58(102)116-63-59(78)42(76)24-43(77)60(63)79/h10-17,24,27-28,32-36,46-54,61-62,80-81,95H,18-23,25-26,29-31H2,1-9H3,(H,82,104)(H,83,111)(H,84,96)(H,85,97)(H,86,103)(H,87,109)(H,88,105)(H,89,106)(H,90,113)(H,91,108)(H,92,107)(H,93,110)(H,94,112)(H,98,99)(H,100,101)(H,114,115)/t35-,36+,46-,47-,48-,49-,50-,51-,52-,53-,54-,61-,62-/m0/s1. The zero-order valence-corrected chi connectivity index (χ0v) is 67.0. The highest BCUT2D eigenvalue weighted by atomic mass is 33.1. The van der Waals surface area contributed by atoms with Crippen molar-refractivity contribution in [1.29, 1.82) is 0 Å². The maximum Gasteiger partial charge on any atom is 0.328 e. The Morgan fingerprint density at radius 2 is 1.05 bits per heavy atom. The van der Waals surface area contributed by atoms with Gasteiger partial charge in [0.1, 0.15) is 66.5 Å². The van der Waals surface area contributed by atoms with Crippen LogP contribution >= 0.6 is 21.6 Å². The van der Waals surface area contributed by atoms with Crippen LogP contribution in [0.1, 0.15) is 112 Å². The number of amides is 13. The van der Waals surface area contributed by atoms with Gasteiger partial charge in [0.2, 0.25) is 94.2 Å². The van der Waals surface area contributed by atoms with Crippen molar-refractivity contribution in [3.8, 4) is 5.75 Å². The molecule has 43 heteroatoms. The minimum absolute atomic E-state index is 0.183. The minimum Gasteiger partial charge on any atom is -0.481 e. The van der Waals surface area contributed by atoms with Gasteiger partial charge in [-0.25, -0.2) is 13.6 Å². The highest BCUT2D eigenvalue weighted by Crippen LogP contribution is 2.29. The number of carbonyl (C=O) groups is 17. The number of nitrogens with one attached hydrogen (secondary N) is 15. The summed E-state index contributed by atoms with van der Waals surface area (Å²) in [5, 5.41) is 71.8. The van der Waals surface area contributed by atoms with Crippen LogP contribution in [0.3, 0.4) is 0 Å². The van der Waals surface area contributed by atoms with Gasteiger partial charge in [0.25, 0.3) is 0 Å². The predicted octanol–water partition coefficient (Wildman–Crippen LogP) is -0.0918. The van der Waals surface area contributed by atoms with Crippen LogP contribution in [0, 0.1) is 41.0 Å². The van der Waals surface area contributed by atoms with Crippen LogP contribution in [0.25, 0.3) is 21.8 Å². The maximum absolute atomic E-state index is 15.1. The molecule has 0 saturated carbocycles. The van der Waals surface area contributed by atoms with Crippen molar-refractivity contribution >= 4 is 144 Å². The summed E-state index contributed by atoms with van der Waals surface area (Å²) in [4.78, 5) is 243. The minimum atomic E-state index is -2.38. The molecule has 3 heterocycles. The van der Waals surface area contributed by atoms with Gasteiger partial charge in [-0.15, -0.1) is 0 Å². The average molecular weight is 1700 g/mol. The second kappa shape index (κ2) is 44.4. The van der Waals surface area contributed by atoms with Gasteiger partial charge >= 0.3 is 23.9 Å². The Labute approximate surface area is 679 Å². The first kappa shape index (κ1) is 95.0. The van der Waals surface area contributed by atoms with Gasteiger partial charge in [0.15, 0.2) is 17.7 Å². The van der Waals surface area contributed by atoms with E-state index in [0.29, 0.717) is 49.0 Å². The predicted molar refractivity (Wildman–Crippen MR) is 415 cm³/mol. The van der Waals surface area contributed by atoms with Gasteiger partial charge in [-0.05, 0) is 74.1 Å². The number of halogens is 4. The molecule has 3 aromatic carbocycles. The summed E-state index contributed by atoms with van der Waals surface area (Å²) >= 11 is 0. The number of benzene rings is 3. The normalized spacial score (nSPS) is 22.0. The second-order valence-corrected chi connectivity index (χ2v) is 31.6. The summed E-state index contributed by atoms with van der Waals surface area (Å²) in [5.74, 6) is -35.8. The number of aromatic amines is 2. The van der Waals surface area contributed by atoms with E-state index in [1.807, 2.05) is 0 Å². The Balaban J connectivity index is 1.50. The average Bonchev–Trinajstić information content (AvgIpc) is 1.61. The van der Waals surface area contributed by atoms with Crippen molar-refractivity contribution in [3.63, 3.8) is 0 Å². The molecule has 0 aliphatic carbocycles. The van der Waals surface area contributed by atoms with Crippen LogP contribution in [0.15, 0.2) is 67.0 Å². The fourth-order valence-corrected chi connectivity index (χ4v) is 14.4. The second-order valence-electron chi connectivity index (χ2n) is 29.0. The number of aromatic nitrogens is 2. The van der Waals surface area contributed by atoms with Gasteiger partial charge in [0.05, 0.1) is 25.5 Å². The third-order valence-electron chi connectivity index (χ3n) is 18.1. The number of aliphatic carboxylic acids is 3. The SMILES string of the molecule is CC(=O)N[C@@H](CC(=O)O)C(=O)N[C@H]1CSSC[C@@H](C(=O)N[C@H](C(=O)O)[C@@H](C)O)NC(=O)[C@H](Cc2c[nH]c3ccccc23)NC(=O)[C@H](C(C)C)NC(=O)[C@H](CC(C)C)NC(=O)[C@H](CCC(=O)O)NC(=O)CNC(=O)[C@H](CC(C)C)NC(=O)[C@H](CC(=O)Oc2c(F)c(F)cc(F)c2F)NC(=O)[C@H](Cc2c[nH]c3ccccc23)NC(=O)[C@H](C)NC1=O. The summed E-state index contributed by atoms with van der Waals surface area (Å²) in [6.45, 7) is 11.4. The van der Waals surface area contributed by atoms with E-state index < -0.39 is 276 Å². The zero-order chi connectivity index (χ0) is 87.7. The van der Waals surface area contributed by atoms with Crippen molar-refractivity contribution in [3.05, 3.63) is 101 Å². The molecular weight excluding hydrogens is 1600 g/mol. The van der Waals surface area contributed by atoms with Crippen LogP contribution in [0.5, 0.6) is 5.75 Å². The lowest BCUT2D eigenvalue weighted by molar-refractivity contribution is -0.145. The van der Waals surface area contributed by atoms with Gasteiger partial charge in [-0.3, -0.25) is 76.7 Å². The number of hydrogen-bond acceptors (Lipinski definition) is 21. The van der Waals surface area contributed by atoms with E-state index in [9.17, 15) is 101 Å². The van der Waals surface area contributed by atoms with Gasteiger partial charge in [-0.2, -0.15) is 8.78 Å². The van der Waals surface area contributed by atoms with Crippen LogP contribution in [0.4, 0.5) is 17.6 Å². The number of rotatable bonds is 24. The summed E-state index contributed by atoms with van der Waals surface area (Å²) < 4.78 is 63.8. The van der Waals surface area contributed by atoms with Crippen LogP contribution in [-0.4, -0.2) is 228 Å². The molecule has 0 spiro atoms. The third-order valence-corrected chi connectivity index (χ3v) is 20.5. The number of carbonyl (C=O) groups excluding carboxylic acids is 14. The molecule has 1 aliphatic heterocycles. The van der Waals surface area contributed by atoms with Crippen molar-refractivity contribution in [2.24, 2.45) is 17.8 Å². The van der Waals surface area contributed by atoms with E-state index >= 15 is 18.4 Å². The number of fused-ring (bicyclic) bond motifs is 2. The number of ether oxygens (including phenoxy) is 1. The number of H-pyrrole nitrogens is 2. The molecule has 6 rings (SSSR count). The molecule has 1 fully saturated rings. The van der Waals surface area contributed by atoms with Crippen LogP contribution < -0.4 is 73.9 Å². The first-order valence-corrected chi connectivity index (χ1v) is 39.6. The van der Waals surface area contributed by atoms with Gasteiger partial charge in [-0.1, -0.05) is 99.5 Å². The molecule has 642 valence electrons. The van der Waals surface area contributed by atoms with Crippen molar-refractivity contribution < 1.29 is 124 Å². The lowest BCUT2D eigenvalue weighted by Gasteiger charge is -2.29. The summed E-state index contributed by atoms with van der Waals surface area (Å²) in [6, 6.07) is -9.30. The molecule has 1 aliphatic rings. The number of aliphatic hydroxyl groups is 1. The molecule has 13 amide bonds. The van der Waals surface area contributed by atoms with E-state index in [0.717, 1.165) is 20.8 Å². The summed E-state index contributed by atoms with van der Waals surface area (Å²) in [5.41, 5.74) is 1.71. The van der Waals surface area contributed by atoms with Crippen LogP contribution in [-0.2, 0) is 94.3 Å². The molecule has 2 aromatic heterocycles. The number of hydrogen-bond donors (Lipinski definition) is 19. The van der Waals surface area contributed by atoms with Gasteiger partial charge in [0, 0.05) is 78.0 Å². The first-order chi connectivity index (χ1) is 55.5. The van der Waals surface area contributed by atoms with E-state index in [4.69, 9.17) is 4.74 Å². The zero-order valence-electron chi connectivity index (χ0n) is 65.3. The van der Waals surface area contributed by atoms with Crippen LogP contribution in [0.2, 0.25) is 0 Å². The number of carboxylic acids is 3.